The van der Waals surface area contributed by atoms with Gasteiger partial charge in [0.15, 0.2) is 0 Å². The lowest BCUT2D eigenvalue weighted by Gasteiger charge is -2.13. The fraction of sp³-hybridized carbons (Fsp3) is 0.250. The number of amides is 1. The van der Waals surface area contributed by atoms with Gasteiger partial charge in [0.1, 0.15) is 0 Å². The third-order valence-electron chi connectivity index (χ3n) is 3.03. The van der Waals surface area contributed by atoms with Crippen LogP contribution in [0, 0.1) is 0 Å². The van der Waals surface area contributed by atoms with Gasteiger partial charge in [0.25, 0.3) is 5.91 Å². The van der Waals surface area contributed by atoms with Gasteiger partial charge in [0, 0.05) is 24.0 Å². The predicted octanol–water partition coefficient (Wildman–Crippen LogP) is 2.83. The number of hydrogen-bond donors (Lipinski definition) is 1. The van der Waals surface area contributed by atoms with Crippen molar-refractivity contribution in [2.45, 2.75) is 25.8 Å². The Morgan fingerprint density at radius 3 is 2.53 bits per heavy atom. The maximum absolute atomic E-state index is 11.9. The molecule has 0 aliphatic carbocycles. The van der Waals surface area contributed by atoms with E-state index in [2.05, 4.69) is 22.4 Å². The Balaban J connectivity index is 1.81. The van der Waals surface area contributed by atoms with Crippen molar-refractivity contribution in [1.29, 1.82) is 0 Å². The van der Waals surface area contributed by atoms with Crippen molar-refractivity contribution in [1.82, 2.24) is 10.3 Å². The molecule has 0 radical (unpaired) electrons. The van der Waals surface area contributed by atoms with Crippen LogP contribution in [0.4, 0.5) is 0 Å². The van der Waals surface area contributed by atoms with Gasteiger partial charge in [-0.15, -0.1) is 0 Å². The number of benzene rings is 1. The molecule has 0 aliphatic rings. The third kappa shape index (κ3) is 4.21. The van der Waals surface area contributed by atoms with Gasteiger partial charge in [-0.1, -0.05) is 30.3 Å². The molecule has 2 aromatic rings. The molecule has 1 heterocycles. The van der Waals surface area contributed by atoms with Crippen molar-refractivity contribution in [2.24, 2.45) is 0 Å². The van der Waals surface area contributed by atoms with E-state index in [0.717, 1.165) is 12.8 Å². The van der Waals surface area contributed by atoms with Crippen molar-refractivity contribution in [3.63, 3.8) is 0 Å². The monoisotopic (exact) mass is 254 g/mol. The lowest BCUT2D eigenvalue weighted by Crippen LogP contribution is -2.32. The number of carbonyl (C=O) groups excluding carboxylic acids is 1. The molecule has 0 bridgehead atoms. The molecule has 0 spiro atoms. The quantitative estimate of drug-likeness (QED) is 0.891. The molecule has 1 amide bonds. The Bertz CT molecular complexity index is 511. The summed E-state index contributed by atoms with van der Waals surface area (Å²) in [4.78, 5) is 15.8. The van der Waals surface area contributed by atoms with Crippen molar-refractivity contribution in [3.05, 3.63) is 66.0 Å². The fourth-order valence-electron chi connectivity index (χ4n) is 1.91. The second-order valence-corrected chi connectivity index (χ2v) is 4.63. The molecule has 0 saturated heterocycles. The van der Waals surface area contributed by atoms with Crippen LogP contribution in [0.3, 0.4) is 0 Å². The van der Waals surface area contributed by atoms with Crippen molar-refractivity contribution >= 4 is 5.91 Å². The van der Waals surface area contributed by atoms with E-state index in [9.17, 15) is 4.79 Å². The number of rotatable bonds is 5. The minimum absolute atomic E-state index is 0.0389. The third-order valence-corrected chi connectivity index (χ3v) is 3.03. The van der Waals surface area contributed by atoms with Gasteiger partial charge in [-0.25, -0.2) is 0 Å². The molecule has 1 atom stereocenters. The largest absolute Gasteiger partial charge is 0.350 e. The SMILES string of the molecule is C[C@@H](CCc1ccccc1)NC(=O)c1ccncc1. The summed E-state index contributed by atoms with van der Waals surface area (Å²) in [5, 5.41) is 3.00. The molecular weight excluding hydrogens is 236 g/mol. The van der Waals surface area contributed by atoms with Gasteiger partial charge in [0.2, 0.25) is 0 Å². The highest BCUT2D eigenvalue weighted by Crippen LogP contribution is 2.05. The van der Waals surface area contributed by atoms with Crippen LogP contribution in [-0.4, -0.2) is 16.9 Å². The Morgan fingerprint density at radius 1 is 1.16 bits per heavy atom. The summed E-state index contributed by atoms with van der Waals surface area (Å²) in [7, 11) is 0. The van der Waals surface area contributed by atoms with Crippen LogP contribution < -0.4 is 5.32 Å². The maximum Gasteiger partial charge on any atom is 0.251 e. The Kier molecular flexibility index (Phi) is 4.67. The number of carbonyl (C=O) groups is 1. The van der Waals surface area contributed by atoms with E-state index in [-0.39, 0.29) is 11.9 Å². The second-order valence-electron chi connectivity index (χ2n) is 4.63. The fourth-order valence-corrected chi connectivity index (χ4v) is 1.91. The number of nitrogens with one attached hydrogen (secondary N) is 1. The Labute approximate surface area is 113 Å². The molecule has 0 saturated carbocycles. The first kappa shape index (κ1) is 13.3. The molecule has 3 nitrogen and oxygen atoms in total. The van der Waals surface area contributed by atoms with Gasteiger partial charge >= 0.3 is 0 Å². The summed E-state index contributed by atoms with van der Waals surface area (Å²) in [6, 6.07) is 13.9. The van der Waals surface area contributed by atoms with Crippen LogP contribution in [0.1, 0.15) is 29.3 Å². The Hall–Kier alpha value is -2.16. The maximum atomic E-state index is 11.9. The van der Waals surface area contributed by atoms with Gasteiger partial charge in [0.05, 0.1) is 0 Å². The zero-order valence-corrected chi connectivity index (χ0v) is 11.0. The normalized spacial score (nSPS) is 11.8. The van der Waals surface area contributed by atoms with Gasteiger partial charge in [-0.2, -0.15) is 0 Å². The molecule has 0 fully saturated rings. The smallest absolute Gasteiger partial charge is 0.251 e. The van der Waals surface area contributed by atoms with Gasteiger partial charge < -0.3 is 5.32 Å². The molecule has 3 heteroatoms. The predicted molar refractivity (Wildman–Crippen MR) is 75.9 cm³/mol. The lowest BCUT2D eigenvalue weighted by molar-refractivity contribution is 0.0938. The summed E-state index contributed by atoms with van der Waals surface area (Å²) >= 11 is 0. The van der Waals surface area contributed by atoms with Crippen LogP contribution in [0.25, 0.3) is 0 Å². The van der Waals surface area contributed by atoms with Crippen molar-refractivity contribution in [2.75, 3.05) is 0 Å². The highest BCUT2D eigenvalue weighted by atomic mass is 16.1. The molecule has 2 rings (SSSR count). The molecule has 1 aromatic heterocycles. The van der Waals surface area contributed by atoms with Crippen molar-refractivity contribution in [3.8, 4) is 0 Å². The summed E-state index contributed by atoms with van der Waals surface area (Å²) in [6.07, 6.45) is 5.16. The number of nitrogens with zero attached hydrogens (tertiary/aromatic N) is 1. The van der Waals surface area contributed by atoms with E-state index in [1.165, 1.54) is 5.56 Å². The summed E-state index contributed by atoms with van der Waals surface area (Å²) in [5.41, 5.74) is 1.95. The van der Waals surface area contributed by atoms with Crippen LogP contribution in [0.5, 0.6) is 0 Å². The highest BCUT2D eigenvalue weighted by molar-refractivity contribution is 5.94. The molecule has 98 valence electrons. The minimum atomic E-state index is -0.0389. The van der Waals surface area contributed by atoms with E-state index in [1.54, 1.807) is 24.5 Å². The van der Waals surface area contributed by atoms with Gasteiger partial charge in [-0.05, 0) is 37.5 Å². The topological polar surface area (TPSA) is 42.0 Å². The molecule has 1 aromatic carbocycles. The first-order valence-electron chi connectivity index (χ1n) is 6.50. The second kappa shape index (κ2) is 6.69. The summed E-state index contributed by atoms with van der Waals surface area (Å²) in [5.74, 6) is -0.0389. The molecule has 19 heavy (non-hydrogen) atoms. The summed E-state index contributed by atoms with van der Waals surface area (Å²) in [6.45, 7) is 2.03. The zero-order valence-electron chi connectivity index (χ0n) is 11.0. The number of pyridine rings is 1. The van der Waals surface area contributed by atoms with Crippen LogP contribution >= 0.6 is 0 Å². The lowest BCUT2D eigenvalue weighted by atomic mass is 10.1. The molecular formula is C16H18N2O. The van der Waals surface area contributed by atoms with Crippen LogP contribution in [0.2, 0.25) is 0 Å². The van der Waals surface area contributed by atoms with E-state index < -0.39 is 0 Å². The number of hydrogen-bond acceptors (Lipinski definition) is 2. The average Bonchev–Trinajstić information content (AvgIpc) is 2.47. The molecule has 0 unspecified atom stereocenters. The minimum Gasteiger partial charge on any atom is -0.350 e. The van der Waals surface area contributed by atoms with Gasteiger partial charge in [-0.3, -0.25) is 9.78 Å². The first-order valence-corrected chi connectivity index (χ1v) is 6.50. The number of aromatic nitrogens is 1. The van der Waals surface area contributed by atoms with Crippen molar-refractivity contribution < 1.29 is 4.79 Å². The standard InChI is InChI=1S/C16H18N2O/c1-13(7-8-14-5-3-2-4-6-14)18-16(19)15-9-11-17-12-10-15/h2-6,9-13H,7-8H2,1H3,(H,18,19)/t13-/m0/s1. The zero-order chi connectivity index (χ0) is 13.5. The van der Waals surface area contributed by atoms with E-state index >= 15 is 0 Å². The Morgan fingerprint density at radius 2 is 1.84 bits per heavy atom. The highest BCUT2D eigenvalue weighted by Gasteiger charge is 2.09. The van der Waals surface area contributed by atoms with E-state index in [0.29, 0.717) is 5.56 Å². The van der Waals surface area contributed by atoms with E-state index in [1.807, 2.05) is 25.1 Å². The first-order chi connectivity index (χ1) is 9.25. The number of aryl methyl sites for hydroxylation is 1. The average molecular weight is 254 g/mol. The van der Waals surface area contributed by atoms with E-state index in [4.69, 9.17) is 0 Å². The molecule has 0 aliphatic heterocycles. The summed E-state index contributed by atoms with van der Waals surface area (Å²) < 4.78 is 0. The molecule has 1 N–H and O–H groups in total. The van der Waals surface area contributed by atoms with Crippen LogP contribution in [0.15, 0.2) is 54.9 Å². The van der Waals surface area contributed by atoms with Crippen LogP contribution in [-0.2, 0) is 6.42 Å².